The predicted octanol–water partition coefficient (Wildman–Crippen LogP) is 2.83. The maximum Gasteiger partial charge on any atom is 0.294 e. The summed E-state index contributed by atoms with van der Waals surface area (Å²) >= 11 is 6.35. The molecule has 2 fully saturated rings. The fraction of sp³-hybridized carbons (Fsp3) is 0.500. The number of hydrogen-bond acceptors (Lipinski definition) is 6. The van der Waals surface area contributed by atoms with Gasteiger partial charge in [-0.15, -0.1) is 0 Å². The molecule has 0 bridgehead atoms. The van der Waals surface area contributed by atoms with Crippen LogP contribution in [0.1, 0.15) is 29.7 Å². The van der Waals surface area contributed by atoms with Crippen molar-refractivity contribution >= 4 is 34.2 Å². The third-order valence-corrected chi connectivity index (χ3v) is 7.51. The number of nitrogens with one attached hydrogen (secondary N) is 3. The van der Waals surface area contributed by atoms with E-state index in [-0.39, 0.29) is 35.0 Å². The van der Waals surface area contributed by atoms with Crippen LogP contribution in [0.25, 0.3) is 10.9 Å². The zero-order chi connectivity index (χ0) is 25.2. The highest BCUT2D eigenvalue weighted by molar-refractivity contribution is 6.30. The minimum atomic E-state index is -0.359. The summed E-state index contributed by atoms with van der Waals surface area (Å²) in [7, 11) is 0. The summed E-state index contributed by atoms with van der Waals surface area (Å²) in [4.78, 5) is 35.9. The van der Waals surface area contributed by atoms with Gasteiger partial charge in [0.15, 0.2) is 11.0 Å². The first-order chi connectivity index (χ1) is 17.4. The quantitative estimate of drug-likeness (QED) is 0.407. The van der Waals surface area contributed by atoms with E-state index >= 15 is 0 Å². The summed E-state index contributed by atoms with van der Waals surface area (Å²) in [5.74, 6) is 0.668. The molecule has 1 aromatic carbocycles. The highest BCUT2D eigenvalue weighted by Crippen LogP contribution is 2.30. The molecule has 1 atom stereocenters. The molecule has 0 radical (unpaired) electrons. The minimum absolute atomic E-state index is 0.132. The van der Waals surface area contributed by atoms with Crippen LogP contribution in [0, 0.1) is 19.8 Å². The van der Waals surface area contributed by atoms with Crippen molar-refractivity contribution in [2.24, 2.45) is 5.92 Å². The van der Waals surface area contributed by atoms with Crippen molar-refractivity contribution in [3.63, 3.8) is 0 Å². The summed E-state index contributed by atoms with van der Waals surface area (Å²) in [5.41, 5.74) is 3.31. The summed E-state index contributed by atoms with van der Waals surface area (Å²) < 4.78 is 7.06. The molecular formula is C26H33ClN6O3. The summed E-state index contributed by atoms with van der Waals surface area (Å²) in [6.45, 7) is 7.82. The molecule has 3 aromatic rings. The van der Waals surface area contributed by atoms with Crippen LogP contribution < -0.4 is 16.2 Å². The van der Waals surface area contributed by atoms with Crippen molar-refractivity contribution in [3.8, 4) is 0 Å². The molecule has 9 nitrogen and oxygen atoms in total. The Bertz CT molecular complexity index is 1310. The zero-order valence-electron chi connectivity index (χ0n) is 20.8. The third-order valence-electron chi connectivity index (χ3n) is 7.15. The fourth-order valence-electron chi connectivity index (χ4n) is 4.71. The van der Waals surface area contributed by atoms with E-state index in [1.54, 1.807) is 6.92 Å². The van der Waals surface area contributed by atoms with Gasteiger partial charge in [0.1, 0.15) is 6.54 Å². The molecule has 3 N–H and O–H groups in total. The topological polar surface area (TPSA) is 104 Å². The van der Waals surface area contributed by atoms with Gasteiger partial charge in [0, 0.05) is 43.3 Å². The average molecular weight is 513 g/mol. The van der Waals surface area contributed by atoms with E-state index in [4.69, 9.17) is 16.3 Å². The number of hydrogen-bond donors (Lipinski definition) is 3. The molecule has 1 aliphatic heterocycles. The van der Waals surface area contributed by atoms with Crippen LogP contribution in [0.3, 0.4) is 0 Å². The van der Waals surface area contributed by atoms with E-state index in [0.717, 1.165) is 47.6 Å². The van der Waals surface area contributed by atoms with E-state index in [1.165, 1.54) is 17.4 Å². The highest BCUT2D eigenvalue weighted by Gasteiger charge is 2.30. The zero-order valence-corrected chi connectivity index (χ0v) is 21.5. The van der Waals surface area contributed by atoms with Gasteiger partial charge in [0.25, 0.3) is 5.56 Å². The second-order valence-corrected chi connectivity index (χ2v) is 10.3. The molecule has 0 spiro atoms. The van der Waals surface area contributed by atoms with Crippen LogP contribution in [-0.2, 0) is 22.6 Å². The number of nitrogens with zero attached hydrogens (tertiary/aromatic N) is 3. The number of carbonyl (C=O) groups excluding carboxylic acids is 1. The molecule has 36 heavy (non-hydrogen) atoms. The van der Waals surface area contributed by atoms with Gasteiger partial charge in [-0.25, -0.2) is 4.98 Å². The van der Waals surface area contributed by atoms with Crippen LogP contribution >= 0.6 is 11.6 Å². The smallest absolute Gasteiger partial charge is 0.294 e. The number of aromatic nitrogens is 3. The second kappa shape index (κ2) is 10.6. The van der Waals surface area contributed by atoms with Crippen LogP contribution in [0.15, 0.2) is 29.2 Å². The number of ether oxygens (including phenoxy) is 1. The summed E-state index contributed by atoms with van der Waals surface area (Å²) in [5, 5.41) is 7.43. The number of halogens is 1. The van der Waals surface area contributed by atoms with Crippen molar-refractivity contribution in [3.05, 3.63) is 56.7 Å². The normalized spacial score (nSPS) is 18.5. The van der Waals surface area contributed by atoms with Gasteiger partial charge in [-0.05, 0) is 55.9 Å². The summed E-state index contributed by atoms with van der Waals surface area (Å²) in [6, 6.07) is 6.20. The lowest BCUT2D eigenvalue weighted by Crippen LogP contribution is -2.50. The lowest BCUT2D eigenvalue weighted by molar-refractivity contribution is -0.121. The third kappa shape index (κ3) is 5.58. The molecule has 5 rings (SSSR count). The summed E-state index contributed by atoms with van der Waals surface area (Å²) in [6.07, 6.45) is 4.55. The molecule has 1 saturated carbocycles. The minimum Gasteiger partial charge on any atom is -0.378 e. The Morgan fingerprint density at radius 1 is 1.31 bits per heavy atom. The first-order valence-electron chi connectivity index (χ1n) is 12.5. The van der Waals surface area contributed by atoms with Crippen LogP contribution in [0.5, 0.6) is 0 Å². The maximum absolute atomic E-state index is 13.2. The van der Waals surface area contributed by atoms with Crippen molar-refractivity contribution < 1.29 is 9.53 Å². The predicted molar refractivity (Wildman–Crippen MR) is 141 cm³/mol. The van der Waals surface area contributed by atoms with Gasteiger partial charge in [-0.3, -0.25) is 19.1 Å². The number of carbonyl (C=O) groups is 1. The Kier molecular flexibility index (Phi) is 7.32. The molecule has 1 saturated heterocycles. The molecule has 0 unspecified atom stereocenters. The van der Waals surface area contributed by atoms with E-state index in [9.17, 15) is 9.59 Å². The van der Waals surface area contributed by atoms with Gasteiger partial charge in [0.05, 0.1) is 24.9 Å². The van der Waals surface area contributed by atoms with Gasteiger partial charge in [-0.1, -0.05) is 17.7 Å². The van der Waals surface area contributed by atoms with Crippen LogP contribution in [0.2, 0.25) is 5.15 Å². The Balaban J connectivity index is 1.23. The van der Waals surface area contributed by atoms with Crippen molar-refractivity contribution in [1.82, 2.24) is 24.8 Å². The lowest BCUT2D eigenvalue weighted by Gasteiger charge is -2.35. The number of anilines is 1. The monoisotopic (exact) mass is 512 g/mol. The van der Waals surface area contributed by atoms with Gasteiger partial charge < -0.3 is 20.4 Å². The van der Waals surface area contributed by atoms with Gasteiger partial charge in [0.2, 0.25) is 5.91 Å². The number of amides is 1. The number of fused-ring (bicyclic) bond motifs is 1. The standard InChI is InChI=1S/C26H33ClN6O3/c1-16-10-28-22-6-5-19(9-21(16)22)11-29-23(34)14-33-17(2)24(27)31-25(26(33)35)30-12-20-15-36-8-7-32(20)13-18-3-4-18/h5-6,9-10,18,20,28H,3-4,7-8,11-15H2,1-2H3,(H,29,34)(H,30,31)/t20-/m0/s1. The Labute approximate surface area is 215 Å². The Hall–Kier alpha value is -2.88. The number of morpholine rings is 1. The first kappa shape index (κ1) is 24.8. The maximum atomic E-state index is 13.2. The lowest BCUT2D eigenvalue weighted by atomic mass is 10.1. The average Bonchev–Trinajstić information content (AvgIpc) is 3.63. The fourth-order valence-corrected chi connectivity index (χ4v) is 4.89. The molecule has 192 valence electrons. The molecule has 2 aromatic heterocycles. The second-order valence-electron chi connectivity index (χ2n) is 9.90. The number of aryl methyl sites for hydroxylation is 1. The molecule has 1 aliphatic carbocycles. The molecule has 3 heterocycles. The number of benzene rings is 1. The van der Waals surface area contributed by atoms with Gasteiger partial charge >= 0.3 is 0 Å². The number of rotatable bonds is 9. The molecule has 2 aliphatic rings. The van der Waals surface area contributed by atoms with Crippen LogP contribution in [0.4, 0.5) is 5.82 Å². The molecule has 10 heteroatoms. The van der Waals surface area contributed by atoms with Crippen molar-refractivity contribution in [2.45, 2.75) is 45.8 Å². The van der Waals surface area contributed by atoms with E-state index in [1.807, 2.05) is 25.3 Å². The van der Waals surface area contributed by atoms with Crippen molar-refractivity contribution in [2.75, 3.05) is 38.2 Å². The Morgan fingerprint density at radius 3 is 2.94 bits per heavy atom. The molecule has 1 amide bonds. The van der Waals surface area contributed by atoms with E-state index in [2.05, 4.69) is 31.6 Å². The van der Waals surface area contributed by atoms with Crippen molar-refractivity contribution in [1.29, 1.82) is 0 Å². The van der Waals surface area contributed by atoms with Gasteiger partial charge in [-0.2, -0.15) is 0 Å². The number of H-pyrrole nitrogens is 1. The molecular weight excluding hydrogens is 480 g/mol. The highest BCUT2D eigenvalue weighted by atomic mass is 35.5. The van der Waals surface area contributed by atoms with E-state index in [0.29, 0.717) is 25.4 Å². The van der Waals surface area contributed by atoms with E-state index < -0.39 is 0 Å². The SMILES string of the molecule is Cc1c[nH]c2ccc(CNC(=O)Cn3c(C)c(Cl)nc(NC[C@H]4COCCN4CC4CC4)c3=O)cc12. The first-order valence-corrected chi connectivity index (χ1v) is 12.9. The largest absolute Gasteiger partial charge is 0.378 e. The number of aromatic amines is 1. The Morgan fingerprint density at radius 2 is 2.14 bits per heavy atom. The van der Waals surface area contributed by atoms with Crippen LogP contribution in [-0.4, -0.2) is 64.2 Å².